The summed E-state index contributed by atoms with van der Waals surface area (Å²) in [5.41, 5.74) is 6.35. The van der Waals surface area contributed by atoms with Crippen LogP contribution in [0.3, 0.4) is 0 Å². The summed E-state index contributed by atoms with van der Waals surface area (Å²) in [5, 5.41) is 0. The molecular formula is C20H20BrN. The third-order valence-corrected chi connectivity index (χ3v) is 4.45. The van der Waals surface area contributed by atoms with Crippen LogP contribution in [0.1, 0.15) is 26.3 Å². The lowest BCUT2D eigenvalue weighted by atomic mass is 9.86. The van der Waals surface area contributed by atoms with E-state index in [9.17, 15) is 0 Å². The van der Waals surface area contributed by atoms with Gasteiger partial charge < -0.3 is 4.98 Å². The maximum Gasteiger partial charge on any atom is 0.0460 e. The number of hydrogen-bond acceptors (Lipinski definition) is 0. The third kappa shape index (κ3) is 3.17. The van der Waals surface area contributed by atoms with E-state index >= 15 is 0 Å². The van der Waals surface area contributed by atoms with Crippen molar-refractivity contribution in [3.8, 4) is 22.4 Å². The first-order valence-corrected chi connectivity index (χ1v) is 8.28. The number of aromatic amines is 1. The SMILES string of the molecule is CC(C)(C)c1ccc(-c2c[nH]c(-c3ccc(Br)cc3)c2)cc1. The van der Waals surface area contributed by atoms with Crippen molar-refractivity contribution in [2.45, 2.75) is 26.2 Å². The van der Waals surface area contributed by atoms with Gasteiger partial charge in [0.25, 0.3) is 0 Å². The Balaban J connectivity index is 1.89. The van der Waals surface area contributed by atoms with Crippen LogP contribution in [-0.4, -0.2) is 4.98 Å². The molecule has 2 aromatic carbocycles. The van der Waals surface area contributed by atoms with E-state index in [0.717, 1.165) is 10.2 Å². The molecule has 1 nitrogen and oxygen atoms in total. The number of nitrogens with one attached hydrogen (secondary N) is 1. The Labute approximate surface area is 140 Å². The zero-order valence-electron chi connectivity index (χ0n) is 13.2. The van der Waals surface area contributed by atoms with E-state index in [1.54, 1.807) is 0 Å². The Kier molecular flexibility index (Phi) is 3.96. The van der Waals surface area contributed by atoms with Gasteiger partial charge in [0.05, 0.1) is 0 Å². The average molecular weight is 354 g/mol. The van der Waals surface area contributed by atoms with E-state index in [1.807, 2.05) is 0 Å². The molecule has 1 aromatic heterocycles. The van der Waals surface area contributed by atoms with Crippen LogP contribution >= 0.6 is 15.9 Å². The van der Waals surface area contributed by atoms with Gasteiger partial charge in [-0.05, 0) is 45.9 Å². The number of rotatable bonds is 2. The van der Waals surface area contributed by atoms with E-state index in [4.69, 9.17) is 0 Å². The van der Waals surface area contributed by atoms with Crippen LogP contribution in [-0.2, 0) is 5.41 Å². The van der Waals surface area contributed by atoms with E-state index in [2.05, 4.69) is 102 Å². The van der Waals surface area contributed by atoms with Gasteiger partial charge in [0.15, 0.2) is 0 Å². The van der Waals surface area contributed by atoms with Crippen LogP contribution in [0.15, 0.2) is 65.3 Å². The molecule has 22 heavy (non-hydrogen) atoms. The molecule has 0 aliphatic rings. The van der Waals surface area contributed by atoms with Crippen LogP contribution in [0.2, 0.25) is 0 Å². The Morgan fingerprint density at radius 1 is 0.773 bits per heavy atom. The molecule has 0 unspecified atom stereocenters. The van der Waals surface area contributed by atoms with Crippen LogP contribution in [0.25, 0.3) is 22.4 Å². The van der Waals surface area contributed by atoms with E-state index in [1.165, 1.54) is 22.3 Å². The first-order valence-electron chi connectivity index (χ1n) is 7.49. The van der Waals surface area contributed by atoms with Gasteiger partial charge in [0.1, 0.15) is 0 Å². The molecule has 0 spiro atoms. The van der Waals surface area contributed by atoms with Crippen LogP contribution in [0.4, 0.5) is 0 Å². The van der Waals surface area contributed by atoms with E-state index in [-0.39, 0.29) is 5.41 Å². The van der Waals surface area contributed by atoms with Gasteiger partial charge >= 0.3 is 0 Å². The smallest absolute Gasteiger partial charge is 0.0460 e. The molecule has 3 rings (SSSR count). The number of halogens is 1. The largest absolute Gasteiger partial charge is 0.361 e. The first kappa shape index (κ1) is 15.1. The molecule has 0 aliphatic carbocycles. The monoisotopic (exact) mass is 353 g/mol. The van der Waals surface area contributed by atoms with Crippen molar-refractivity contribution < 1.29 is 0 Å². The normalized spacial score (nSPS) is 11.6. The second-order valence-electron chi connectivity index (χ2n) is 6.64. The standard InChI is InChI=1S/C20H20BrN/c1-20(2,3)17-8-4-14(5-9-17)16-12-19(22-13-16)15-6-10-18(21)11-7-15/h4-13,22H,1-3H3. The summed E-state index contributed by atoms with van der Waals surface area (Å²) in [4.78, 5) is 3.37. The molecule has 3 aromatic rings. The minimum absolute atomic E-state index is 0.194. The van der Waals surface area contributed by atoms with Crippen molar-refractivity contribution >= 4 is 15.9 Å². The van der Waals surface area contributed by atoms with Crippen LogP contribution < -0.4 is 0 Å². The molecule has 0 saturated heterocycles. The molecule has 2 heteroatoms. The highest BCUT2D eigenvalue weighted by molar-refractivity contribution is 9.10. The first-order chi connectivity index (χ1) is 10.4. The Morgan fingerprint density at radius 2 is 1.36 bits per heavy atom. The van der Waals surface area contributed by atoms with Crippen LogP contribution in [0.5, 0.6) is 0 Å². The molecule has 0 bridgehead atoms. The van der Waals surface area contributed by atoms with Crippen molar-refractivity contribution in [3.05, 3.63) is 70.8 Å². The molecule has 0 radical (unpaired) electrons. The minimum atomic E-state index is 0.194. The van der Waals surface area contributed by atoms with Gasteiger partial charge in [0.2, 0.25) is 0 Å². The fourth-order valence-electron chi connectivity index (χ4n) is 2.52. The summed E-state index contributed by atoms with van der Waals surface area (Å²) < 4.78 is 1.10. The topological polar surface area (TPSA) is 15.8 Å². The van der Waals surface area contributed by atoms with Crippen molar-refractivity contribution in [1.29, 1.82) is 0 Å². The molecule has 0 aliphatic heterocycles. The van der Waals surface area contributed by atoms with Crippen molar-refractivity contribution in [2.75, 3.05) is 0 Å². The molecule has 0 amide bonds. The molecule has 0 atom stereocenters. The fourth-order valence-corrected chi connectivity index (χ4v) is 2.78. The average Bonchev–Trinajstić information content (AvgIpc) is 2.97. The summed E-state index contributed by atoms with van der Waals surface area (Å²) >= 11 is 3.47. The van der Waals surface area contributed by atoms with Crippen molar-refractivity contribution in [1.82, 2.24) is 4.98 Å². The highest BCUT2D eigenvalue weighted by Crippen LogP contribution is 2.29. The number of benzene rings is 2. The quantitative estimate of drug-likeness (QED) is 0.547. The van der Waals surface area contributed by atoms with Crippen molar-refractivity contribution in [3.63, 3.8) is 0 Å². The Bertz CT molecular complexity index is 759. The number of aromatic nitrogens is 1. The highest BCUT2D eigenvalue weighted by atomic mass is 79.9. The van der Waals surface area contributed by atoms with Gasteiger partial charge in [-0.25, -0.2) is 0 Å². The lowest BCUT2D eigenvalue weighted by molar-refractivity contribution is 0.590. The Morgan fingerprint density at radius 3 is 1.95 bits per heavy atom. The molecule has 0 saturated carbocycles. The zero-order valence-corrected chi connectivity index (χ0v) is 14.7. The molecular weight excluding hydrogens is 334 g/mol. The van der Waals surface area contributed by atoms with Gasteiger partial charge in [-0.3, -0.25) is 0 Å². The maximum atomic E-state index is 3.47. The fraction of sp³-hybridized carbons (Fsp3) is 0.200. The Hall–Kier alpha value is -1.80. The van der Waals surface area contributed by atoms with Crippen molar-refractivity contribution in [2.24, 2.45) is 0 Å². The zero-order chi connectivity index (χ0) is 15.7. The summed E-state index contributed by atoms with van der Waals surface area (Å²) in [5.74, 6) is 0. The van der Waals surface area contributed by atoms with E-state index < -0.39 is 0 Å². The number of hydrogen-bond donors (Lipinski definition) is 1. The second-order valence-corrected chi connectivity index (χ2v) is 7.55. The van der Waals surface area contributed by atoms with Gasteiger partial charge in [-0.15, -0.1) is 0 Å². The summed E-state index contributed by atoms with van der Waals surface area (Å²) in [7, 11) is 0. The lowest BCUT2D eigenvalue weighted by Crippen LogP contribution is -2.10. The molecule has 1 N–H and O–H groups in total. The number of H-pyrrole nitrogens is 1. The second kappa shape index (κ2) is 5.77. The summed E-state index contributed by atoms with van der Waals surface area (Å²) in [6.07, 6.45) is 2.07. The predicted octanol–water partition coefficient (Wildman–Crippen LogP) is 6.41. The highest BCUT2D eigenvalue weighted by Gasteiger charge is 2.13. The molecule has 0 fully saturated rings. The third-order valence-electron chi connectivity index (χ3n) is 3.92. The minimum Gasteiger partial charge on any atom is -0.361 e. The summed E-state index contributed by atoms with van der Waals surface area (Å²) in [6.45, 7) is 6.72. The van der Waals surface area contributed by atoms with Gasteiger partial charge in [-0.1, -0.05) is 73.1 Å². The van der Waals surface area contributed by atoms with Gasteiger partial charge in [0, 0.05) is 16.4 Å². The summed E-state index contributed by atoms with van der Waals surface area (Å²) in [6, 6.07) is 19.4. The van der Waals surface area contributed by atoms with Crippen LogP contribution in [0, 0.1) is 0 Å². The lowest BCUT2D eigenvalue weighted by Gasteiger charge is -2.19. The predicted molar refractivity (Wildman–Crippen MR) is 98.1 cm³/mol. The molecule has 112 valence electrons. The maximum absolute atomic E-state index is 3.47. The van der Waals surface area contributed by atoms with Gasteiger partial charge in [-0.2, -0.15) is 0 Å². The van der Waals surface area contributed by atoms with E-state index in [0.29, 0.717) is 0 Å². The molecule has 1 heterocycles.